The highest BCUT2D eigenvalue weighted by Gasteiger charge is 2.20. The van der Waals surface area contributed by atoms with E-state index in [4.69, 9.17) is 28.3 Å². The summed E-state index contributed by atoms with van der Waals surface area (Å²) in [5, 5.41) is 19.3. The van der Waals surface area contributed by atoms with Crippen molar-refractivity contribution < 1.29 is 14.8 Å². The van der Waals surface area contributed by atoms with Gasteiger partial charge in [0, 0.05) is 6.07 Å². The van der Waals surface area contributed by atoms with Gasteiger partial charge in [-0.1, -0.05) is 23.2 Å². The minimum atomic E-state index is -1.09. The smallest absolute Gasteiger partial charge is 0.313 e. The van der Waals surface area contributed by atoms with E-state index in [0.29, 0.717) is 0 Å². The molecule has 0 heterocycles. The molecule has 0 radical (unpaired) electrons. The number of carboxylic acids is 1. The van der Waals surface area contributed by atoms with Crippen molar-refractivity contribution in [2.45, 2.75) is 4.90 Å². The second kappa shape index (κ2) is 5.38. The van der Waals surface area contributed by atoms with Crippen molar-refractivity contribution >= 4 is 46.6 Å². The highest BCUT2D eigenvalue weighted by Crippen LogP contribution is 2.39. The first-order valence-electron chi connectivity index (χ1n) is 3.90. The molecule has 0 fully saturated rings. The third-order valence-corrected chi connectivity index (χ3v) is 3.58. The molecule has 5 nitrogen and oxygen atoms in total. The Labute approximate surface area is 104 Å². The van der Waals surface area contributed by atoms with E-state index in [-0.39, 0.29) is 26.4 Å². The molecule has 1 aromatic rings. The fourth-order valence-electron chi connectivity index (χ4n) is 0.937. The fraction of sp³-hybridized carbons (Fsp3) is 0.125. The molecule has 0 aromatic heterocycles. The molecule has 16 heavy (non-hydrogen) atoms. The van der Waals surface area contributed by atoms with Crippen molar-refractivity contribution in [3.8, 4) is 0 Å². The van der Waals surface area contributed by atoms with Crippen LogP contribution in [0, 0.1) is 10.1 Å². The Morgan fingerprint density at radius 1 is 1.50 bits per heavy atom. The summed E-state index contributed by atoms with van der Waals surface area (Å²) < 4.78 is 0. The quantitative estimate of drug-likeness (QED) is 0.521. The van der Waals surface area contributed by atoms with Crippen LogP contribution < -0.4 is 0 Å². The lowest BCUT2D eigenvalue weighted by Crippen LogP contribution is -1.99. The van der Waals surface area contributed by atoms with Gasteiger partial charge < -0.3 is 5.11 Å². The molecule has 1 N–H and O–H groups in total. The van der Waals surface area contributed by atoms with Crippen LogP contribution in [0.3, 0.4) is 0 Å². The number of halogens is 2. The zero-order chi connectivity index (χ0) is 12.3. The van der Waals surface area contributed by atoms with E-state index in [1.807, 2.05) is 0 Å². The van der Waals surface area contributed by atoms with E-state index in [1.54, 1.807) is 0 Å². The van der Waals surface area contributed by atoms with Crippen molar-refractivity contribution in [1.82, 2.24) is 0 Å². The molecule has 0 bridgehead atoms. The lowest BCUT2D eigenvalue weighted by atomic mass is 10.3. The third kappa shape index (κ3) is 3.01. The number of aliphatic carboxylic acids is 1. The molecule has 0 saturated carbocycles. The summed E-state index contributed by atoms with van der Waals surface area (Å²) in [4.78, 5) is 20.5. The third-order valence-electron chi connectivity index (χ3n) is 1.57. The summed E-state index contributed by atoms with van der Waals surface area (Å²) in [5.41, 5.74) is -0.249. The molecular formula is C8H5Cl2NO4S. The van der Waals surface area contributed by atoms with Crippen LogP contribution in [-0.2, 0) is 4.79 Å². The van der Waals surface area contributed by atoms with Gasteiger partial charge in [-0.15, -0.1) is 11.8 Å². The van der Waals surface area contributed by atoms with Crippen molar-refractivity contribution in [2.75, 3.05) is 5.75 Å². The number of nitro groups is 1. The molecule has 0 amide bonds. The van der Waals surface area contributed by atoms with Crippen LogP contribution in [0.4, 0.5) is 5.69 Å². The first-order valence-corrected chi connectivity index (χ1v) is 5.64. The van der Waals surface area contributed by atoms with Gasteiger partial charge >= 0.3 is 5.97 Å². The molecule has 0 aliphatic rings. The van der Waals surface area contributed by atoms with Gasteiger partial charge in [-0.05, 0) is 6.07 Å². The van der Waals surface area contributed by atoms with Gasteiger partial charge in [0.15, 0.2) is 0 Å². The second-order valence-corrected chi connectivity index (χ2v) is 4.42. The molecule has 0 aliphatic carbocycles. The van der Waals surface area contributed by atoms with E-state index in [0.717, 1.165) is 11.8 Å². The summed E-state index contributed by atoms with van der Waals surface area (Å²) in [6.07, 6.45) is 0. The zero-order valence-electron chi connectivity index (χ0n) is 7.65. The van der Waals surface area contributed by atoms with Gasteiger partial charge in [0.1, 0.15) is 4.90 Å². The highest BCUT2D eigenvalue weighted by molar-refractivity contribution is 8.00. The molecule has 0 saturated heterocycles. The minimum absolute atomic E-state index is 0.00196. The molecule has 8 heteroatoms. The topological polar surface area (TPSA) is 80.4 Å². The average Bonchev–Trinajstić information content (AvgIpc) is 2.19. The predicted molar refractivity (Wildman–Crippen MR) is 61.5 cm³/mol. The molecule has 0 aliphatic heterocycles. The maximum atomic E-state index is 10.7. The summed E-state index contributed by atoms with van der Waals surface area (Å²) in [7, 11) is 0. The van der Waals surface area contributed by atoms with Crippen molar-refractivity contribution in [3.63, 3.8) is 0 Å². The van der Waals surface area contributed by atoms with Crippen LogP contribution in [0.15, 0.2) is 17.0 Å². The highest BCUT2D eigenvalue weighted by atomic mass is 35.5. The Kier molecular flexibility index (Phi) is 4.40. The number of nitrogens with zero attached hydrogens (tertiary/aromatic N) is 1. The van der Waals surface area contributed by atoms with Crippen LogP contribution in [0.2, 0.25) is 10.0 Å². The minimum Gasteiger partial charge on any atom is -0.481 e. The summed E-state index contributed by atoms with van der Waals surface area (Å²) in [5.74, 6) is -1.41. The summed E-state index contributed by atoms with van der Waals surface area (Å²) in [6.45, 7) is 0. The van der Waals surface area contributed by atoms with E-state index in [2.05, 4.69) is 0 Å². The van der Waals surface area contributed by atoms with Crippen molar-refractivity contribution in [1.29, 1.82) is 0 Å². The van der Waals surface area contributed by atoms with E-state index in [9.17, 15) is 14.9 Å². The number of hydrogen-bond donors (Lipinski definition) is 1. The Morgan fingerprint density at radius 3 is 2.62 bits per heavy atom. The summed E-state index contributed by atoms with van der Waals surface area (Å²) >= 11 is 12.2. The average molecular weight is 282 g/mol. The molecule has 86 valence electrons. The van der Waals surface area contributed by atoms with Crippen molar-refractivity contribution in [2.24, 2.45) is 0 Å². The SMILES string of the molecule is O=C(O)CSc1c([N+](=O)[O-])ccc(Cl)c1Cl. The molecule has 0 spiro atoms. The van der Waals surface area contributed by atoms with Gasteiger partial charge in [-0.3, -0.25) is 14.9 Å². The number of rotatable bonds is 4. The van der Waals surface area contributed by atoms with Gasteiger partial charge in [0.25, 0.3) is 5.69 Å². The Hall–Kier alpha value is -0.980. The predicted octanol–water partition coefficient (Wildman–Crippen LogP) is 3.08. The molecule has 1 aromatic carbocycles. The van der Waals surface area contributed by atoms with Gasteiger partial charge in [0.2, 0.25) is 0 Å². The maximum Gasteiger partial charge on any atom is 0.313 e. The molecular weight excluding hydrogens is 277 g/mol. The number of thioether (sulfide) groups is 1. The van der Waals surface area contributed by atoms with E-state index in [1.165, 1.54) is 12.1 Å². The van der Waals surface area contributed by atoms with Crippen LogP contribution in [0.5, 0.6) is 0 Å². The normalized spacial score (nSPS) is 10.1. The van der Waals surface area contributed by atoms with E-state index < -0.39 is 10.9 Å². The number of hydrogen-bond acceptors (Lipinski definition) is 4. The van der Waals surface area contributed by atoms with Gasteiger partial charge in [-0.25, -0.2) is 0 Å². The molecule has 0 atom stereocenters. The van der Waals surface area contributed by atoms with E-state index >= 15 is 0 Å². The Bertz CT molecular complexity index is 452. The van der Waals surface area contributed by atoms with Crippen LogP contribution in [0.25, 0.3) is 0 Å². The number of nitro benzene ring substituents is 1. The first-order chi connectivity index (χ1) is 7.43. The first kappa shape index (κ1) is 13.1. The number of carboxylic acid groups (broad SMARTS) is 1. The number of benzene rings is 1. The number of carbonyl (C=O) groups is 1. The molecule has 1 rings (SSSR count). The van der Waals surface area contributed by atoms with Gasteiger partial charge in [0.05, 0.1) is 20.7 Å². The monoisotopic (exact) mass is 281 g/mol. The standard InChI is InChI=1S/C8H5Cl2NO4S/c9-4-1-2-5(11(14)15)8(7(4)10)16-3-6(12)13/h1-2H,3H2,(H,12,13). The lowest BCUT2D eigenvalue weighted by molar-refractivity contribution is -0.387. The second-order valence-electron chi connectivity index (χ2n) is 2.65. The fourth-order valence-corrected chi connectivity index (χ4v) is 2.27. The zero-order valence-corrected chi connectivity index (χ0v) is 9.97. The lowest BCUT2D eigenvalue weighted by Gasteiger charge is -2.04. The molecule has 0 unspecified atom stereocenters. The van der Waals surface area contributed by atoms with Crippen LogP contribution in [0.1, 0.15) is 0 Å². The van der Waals surface area contributed by atoms with Crippen LogP contribution >= 0.6 is 35.0 Å². The Balaban J connectivity index is 3.15. The maximum absolute atomic E-state index is 10.7. The largest absolute Gasteiger partial charge is 0.481 e. The van der Waals surface area contributed by atoms with Crippen molar-refractivity contribution in [3.05, 3.63) is 32.3 Å². The van der Waals surface area contributed by atoms with Gasteiger partial charge in [-0.2, -0.15) is 0 Å². The van der Waals surface area contributed by atoms with Crippen LogP contribution in [-0.4, -0.2) is 21.8 Å². The summed E-state index contributed by atoms with van der Waals surface area (Å²) in [6, 6.07) is 2.49. The Morgan fingerprint density at radius 2 is 2.12 bits per heavy atom.